The fourth-order valence-corrected chi connectivity index (χ4v) is 3.30. The number of unbranched alkanes of at least 4 members (excludes halogenated alkanes) is 5. The molecule has 23 heavy (non-hydrogen) atoms. The highest BCUT2D eigenvalue weighted by atomic mass is 16.4. The van der Waals surface area contributed by atoms with Gasteiger partial charge in [-0.2, -0.15) is 0 Å². The van der Waals surface area contributed by atoms with Crippen LogP contribution in [0.25, 0.3) is 0 Å². The van der Waals surface area contributed by atoms with Gasteiger partial charge in [-0.15, -0.1) is 0 Å². The van der Waals surface area contributed by atoms with Crippen LogP contribution in [0.3, 0.4) is 0 Å². The van der Waals surface area contributed by atoms with Crippen LogP contribution in [0.4, 0.5) is 11.4 Å². The van der Waals surface area contributed by atoms with Gasteiger partial charge in [0.15, 0.2) is 0 Å². The van der Waals surface area contributed by atoms with Crippen LogP contribution < -0.4 is 10.6 Å². The minimum absolute atomic E-state index is 0.251. The number of nitrogens with two attached hydrogens (primary N) is 1. The number of anilines is 2. The van der Waals surface area contributed by atoms with Gasteiger partial charge < -0.3 is 15.7 Å². The first-order chi connectivity index (χ1) is 11.1. The van der Waals surface area contributed by atoms with Crippen LogP contribution in [0.2, 0.25) is 0 Å². The van der Waals surface area contributed by atoms with Crippen LogP contribution in [0.15, 0.2) is 18.2 Å². The van der Waals surface area contributed by atoms with Crippen LogP contribution >= 0.6 is 0 Å². The lowest BCUT2D eigenvalue weighted by molar-refractivity contribution is -0.140. The van der Waals surface area contributed by atoms with E-state index in [1.54, 1.807) is 0 Å². The molecule has 0 saturated carbocycles. The normalized spacial score (nSPS) is 17.6. The van der Waals surface area contributed by atoms with Crippen molar-refractivity contribution in [3.05, 3.63) is 23.8 Å². The maximum atomic E-state index is 11.1. The molecule has 1 heterocycles. The van der Waals surface area contributed by atoms with E-state index in [0.717, 1.165) is 30.8 Å². The topological polar surface area (TPSA) is 66.6 Å². The average molecular weight is 318 g/mol. The summed E-state index contributed by atoms with van der Waals surface area (Å²) in [5, 5.41) is 9.10. The Kier molecular flexibility index (Phi) is 6.75. The molecule has 1 aromatic carbocycles. The minimum Gasteiger partial charge on any atom is -0.481 e. The van der Waals surface area contributed by atoms with Gasteiger partial charge in [0.2, 0.25) is 0 Å². The second-order valence-electron chi connectivity index (χ2n) is 6.67. The summed E-state index contributed by atoms with van der Waals surface area (Å²) < 4.78 is 0. The lowest BCUT2D eigenvalue weighted by Crippen LogP contribution is -2.22. The van der Waals surface area contributed by atoms with Crippen molar-refractivity contribution in [3.8, 4) is 0 Å². The monoisotopic (exact) mass is 318 g/mol. The Bertz CT molecular complexity index is 516. The van der Waals surface area contributed by atoms with Gasteiger partial charge in [0.1, 0.15) is 0 Å². The fraction of sp³-hybridized carbons (Fsp3) is 0.632. The first kappa shape index (κ1) is 17.6. The van der Waals surface area contributed by atoms with E-state index in [1.807, 2.05) is 6.07 Å². The molecule has 0 radical (unpaired) electrons. The molecular formula is C19H30N2O2. The lowest BCUT2D eigenvalue weighted by Gasteiger charge is -2.19. The molecule has 1 aliphatic heterocycles. The van der Waals surface area contributed by atoms with Gasteiger partial charge in [0.05, 0.1) is 5.92 Å². The van der Waals surface area contributed by atoms with Crippen molar-refractivity contribution in [3.63, 3.8) is 0 Å². The van der Waals surface area contributed by atoms with Crippen molar-refractivity contribution in [2.75, 3.05) is 23.7 Å². The lowest BCUT2D eigenvalue weighted by atomic mass is 10.0. The molecule has 1 aliphatic rings. The van der Waals surface area contributed by atoms with Crippen LogP contribution in [0.5, 0.6) is 0 Å². The van der Waals surface area contributed by atoms with E-state index in [9.17, 15) is 4.79 Å². The quantitative estimate of drug-likeness (QED) is 0.532. The molecular weight excluding hydrogens is 288 g/mol. The zero-order valence-corrected chi connectivity index (χ0v) is 14.3. The molecule has 2 rings (SSSR count). The van der Waals surface area contributed by atoms with Gasteiger partial charge >= 0.3 is 5.97 Å². The number of rotatable bonds is 9. The maximum Gasteiger partial charge on any atom is 0.308 e. The Morgan fingerprint density at radius 3 is 2.65 bits per heavy atom. The number of carbonyl (C=O) groups is 1. The first-order valence-electron chi connectivity index (χ1n) is 8.98. The highest BCUT2D eigenvalue weighted by Gasteiger charge is 2.28. The van der Waals surface area contributed by atoms with Gasteiger partial charge in [-0.3, -0.25) is 4.79 Å². The zero-order chi connectivity index (χ0) is 16.7. The Morgan fingerprint density at radius 1 is 1.26 bits per heavy atom. The molecule has 4 heteroatoms. The SMILES string of the molecule is CCCCCCCCc1ccc(N2CCC(C(=O)O)C2)cc1N. The molecule has 0 bridgehead atoms. The molecule has 0 aliphatic carbocycles. The summed E-state index contributed by atoms with van der Waals surface area (Å²) in [6.45, 7) is 3.63. The van der Waals surface area contributed by atoms with E-state index in [0.29, 0.717) is 6.54 Å². The van der Waals surface area contributed by atoms with Crippen molar-refractivity contribution in [2.45, 2.75) is 58.3 Å². The van der Waals surface area contributed by atoms with Gasteiger partial charge in [-0.25, -0.2) is 0 Å². The zero-order valence-electron chi connectivity index (χ0n) is 14.3. The van der Waals surface area contributed by atoms with Crippen LogP contribution in [-0.4, -0.2) is 24.2 Å². The molecule has 3 N–H and O–H groups in total. The summed E-state index contributed by atoms with van der Waals surface area (Å²) >= 11 is 0. The summed E-state index contributed by atoms with van der Waals surface area (Å²) in [6, 6.07) is 6.22. The number of carboxylic acid groups (broad SMARTS) is 1. The van der Waals surface area contributed by atoms with Crippen LogP contribution in [0.1, 0.15) is 57.4 Å². The number of nitrogen functional groups attached to an aromatic ring is 1. The highest BCUT2D eigenvalue weighted by Crippen LogP contribution is 2.28. The molecule has 0 amide bonds. The highest BCUT2D eigenvalue weighted by molar-refractivity contribution is 5.72. The molecule has 0 spiro atoms. The second kappa shape index (κ2) is 8.80. The maximum absolute atomic E-state index is 11.1. The number of aryl methyl sites for hydroxylation is 1. The van der Waals surface area contributed by atoms with Gasteiger partial charge in [-0.05, 0) is 37.0 Å². The van der Waals surface area contributed by atoms with E-state index in [1.165, 1.54) is 44.1 Å². The Balaban J connectivity index is 1.82. The van der Waals surface area contributed by atoms with Crippen molar-refractivity contribution >= 4 is 17.3 Å². The van der Waals surface area contributed by atoms with Gasteiger partial charge in [-0.1, -0.05) is 45.1 Å². The molecule has 128 valence electrons. The standard InChI is InChI=1S/C19H30N2O2/c1-2-3-4-5-6-7-8-15-9-10-17(13-18(15)20)21-12-11-16(14-21)19(22)23/h9-10,13,16H,2-8,11-12,14,20H2,1H3,(H,22,23). The Labute approximate surface area is 139 Å². The summed E-state index contributed by atoms with van der Waals surface area (Å²) in [6.07, 6.45) is 9.49. The number of nitrogens with zero attached hydrogens (tertiary/aromatic N) is 1. The van der Waals surface area contributed by atoms with Crippen LogP contribution in [0, 0.1) is 5.92 Å². The first-order valence-corrected chi connectivity index (χ1v) is 8.98. The molecule has 1 saturated heterocycles. The van der Waals surface area contributed by atoms with Gasteiger partial charge in [0, 0.05) is 24.5 Å². The van der Waals surface area contributed by atoms with Crippen molar-refractivity contribution in [1.29, 1.82) is 0 Å². The number of carboxylic acids is 1. The summed E-state index contributed by atoms with van der Waals surface area (Å²) in [4.78, 5) is 13.2. The van der Waals surface area contributed by atoms with E-state index in [-0.39, 0.29) is 5.92 Å². The number of hydrogen-bond acceptors (Lipinski definition) is 3. The fourth-order valence-electron chi connectivity index (χ4n) is 3.30. The van der Waals surface area contributed by atoms with E-state index >= 15 is 0 Å². The number of aliphatic carboxylic acids is 1. The predicted molar refractivity (Wildman–Crippen MR) is 95.9 cm³/mol. The minimum atomic E-state index is -0.694. The summed E-state index contributed by atoms with van der Waals surface area (Å²) in [7, 11) is 0. The third-order valence-electron chi connectivity index (χ3n) is 4.83. The molecule has 1 aromatic rings. The van der Waals surface area contributed by atoms with Crippen molar-refractivity contribution in [2.24, 2.45) is 5.92 Å². The Hall–Kier alpha value is -1.71. The average Bonchev–Trinajstić information content (AvgIpc) is 3.02. The summed E-state index contributed by atoms with van der Waals surface area (Å²) in [5.41, 5.74) is 9.32. The van der Waals surface area contributed by atoms with Crippen molar-refractivity contribution < 1.29 is 9.90 Å². The second-order valence-corrected chi connectivity index (χ2v) is 6.67. The Morgan fingerprint density at radius 2 is 2.00 bits per heavy atom. The van der Waals surface area contributed by atoms with Crippen LogP contribution in [-0.2, 0) is 11.2 Å². The largest absolute Gasteiger partial charge is 0.481 e. The van der Waals surface area contributed by atoms with Crippen molar-refractivity contribution in [1.82, 2.24) is 0 Å². The molecule has 1 fully saturated rings. The summed E-state index contributed by atoms with van der Waals surface area (Å²) in [5.74, 6) is -0.945. The molecule has 0 aromatic heterocycles. The third-order valence-corrected chi connectivity index (χ3v) is 4.83. The smallest absolute Gasteiger partial charge is 0.308 e. The van der Waals surface area contributed by atoms with Gasteiger partial charge in [0.25, 0.3) is 0 Å². The molecule has 4 nitrogen and oxygen atoms in total. The van der Waals surface area contributed by atoms with E-state index < -0.39 is 5.97 Å². The van der Waals surface area contributed by atoms with E-state index in [2.05, 4.69) is 24.0 Å². The predicted octanol–water partition coefficient (Wildman–Crippen LogP) is 4.08. The molecule has 1 unspecified atom stereocenters. The number of benzene rings is 1. The van der Waals surface area contributed by atoms with E-state index in [4.69, 9.17) is 10.8 Å². The molecule has 1 atom stereocenters. The number of hydrogen-bond donors (Lipinski definition) is 2. The third kappa shape index (κ3) is 5.15.